The predicted molar refractivity (Wildman–Crippen MR) is 138 cm³/mol. The summed E-state index contributed by atoms with van der Waals surface area (Å²) in [7, 11) is 0. The molecule has 0 radical (unpaired) electrons. The van der Waals surface area contributed by atoms with Crippen molar-refractivity contribution in [2.24, 2.45) is 4.99 Å². The number of rotatable bonds is 6. The van der Waals surface area contributed by atoms with Gasteiger partial charge in [0.25, 0.3) is 0 Å². The molecule has 1 heterocycles. The molecule has 1 aliphatic heterocycles. The Morgan fingerprint density at radius 3 is 2.44 bits per heavy atom. The number of phenolic OH excluding ortho intramolecular Hbond substituents is 2. The molecule has 4 aromatic rings. The summed E-state index contributed by atoms with van der Waals surface area (Å²) in [5, 5.41) is 21.8. The van der Waals surface area contributed by atoms with Gasteiger partial charge in [-0.15, -0.1) is 0 Å². The Bertz CT molecular complexity index is 1400. The van der Waals surface area contributed by atoms with E-state index in [-0.39, 0.29) is 11.5 Å². The number of hydrogen-bond donors (Lipinski definition) is 2. The summed E-state index contributed by atoms with van der Waals surface area (Å²) in [6, 6.07) is 25.1. The molecular formula is C30H25NO3. The van der Waals surface area contributed by atoms with Crippen LogP contribution in [0.3, 0.4) is 0 Å². The third kappa shape index (κ3) is 4.86. The van der Waals surface area contributed by atoms with E-state index in [1.807, 2.05) is 48.7 Å². The highest BCUT2D eigenvalue weighted by Gasteiger charge is 2.12. The Kier molecular flexibility index (Phi) is 6.13. The van der Waals surface area contributed by atoms with Crippen molar-refractivity contribution >= 4 is 17.0 Å². The molecule has 0 amide bonds. The van der Waals surface area contributed by atoms with E-state index in [9.17, 15) is 10.2 Å². The van der Waals surface area contributed by atoms with Gasteiger partial charge in [-0.3, -0.25) is 4.99 Å². The minimum Gasteiger partial charge on any atom is -0.508 e. The zero-order chi connectivity index (χ0) is 23.3. The number of fused-ring (bicyclic) bond motifs is 1. The van der Waals surface area contributed by atoms with E-state index in [4.69, 9.17) is 4.74 Å². The number of benzene rings is 4. The molecule has 4 aromatic carbocycles. The Morgan fingerprint density at radius 1 is 0.824 bits per heavy atom. The molecule has 4 heteroatoms. The smallest absolute Gasteiger partial charge is 0.119 e. The van der Waals surface area contributed by atoms with Crippen molar-refractivity contribution in [2.45, 2.75) is 12.8 Å². The van der Waals surface area contributed by atoms with Crippen LogP contribution in [-0.4, -0.2) is 23.0 Å². The molecule has 0 aliphatic carbocycles. The average molecular weight is 448 g/mol. The largest absolute Gasteiger partial charge is 0.508 e. The van der Waals surface area contributed by atoms with E-state index in [0.29, 0.717) is 6.61 Å². The Hall–Kier alpha value is -4.31. The molecule has 4 nitrogen and oxygen atoms in total. The van der Waals surface area contributed by atoms with Gasteiger partial charge in [0.15, 0.2) is 0 Å². The van der Waals surface area contributed by atoms with E-state index in [1.165, 1.54) is 5.56 Å². The third-order valence-corrected chi connectivity index (χ3v) is 5.97. The van der Waals surface area contributed by atoms with Crippen molar-refractivity contribution in [1.29, 1.82) is 0 Å². The van der Waals surface area contributed by atoms with E-state index >= 15 is 0 Å². The van der Waals surface area contributed by atoms with Crippen LogP contribution in [0.25, 0.3) is 21.9 Å². The molecule has 0 saturated heterocycles. The normalized spacial score (nSPS) is 13.0. The first-order chi connectivity index (χ1) is 16.7. The number of nitrogens with zero attached hydrogens (tertiary/aromatic N) is 1. The van der Waals surface area contributed by atoms with E-state index in [0.717, 1.165) is 51.6 Å². The molecule has 0 spiro atoms. The minimum absolute atomic E-state index is 0.245. The molecule has 0 fully saturated rings. The maximum atomic E-state index is 9.96. The molecule has 2 N–H and O–H groups in total. The van der Waals surface area contributed by atoms with Gasteiger partial charge in [0.1, 0.15) is 23.9 Å². The van der Waals surface area contributed by atoms with E-state index < -0.39 is 0 Å². The number of allylic oxidation sites excluding steroid dienone is 1. The summed E-state index contributed by atoms with van der Waals surface area (Å²) < 4.78 is 5.97. The van der Waals surface area contributed by atoms with E-state index in [2.05, 4.69) is 29.3 Å². The third-order valence-electron chi connectivity index (χ3n) is 5.97. The van der Waals surface area contributed by atoms with Gasteiger partial charge >= 0.3 is 0 Å². The molecular weight excluding hydrogens is 422 g/mol. The highest BCUT2D eigenvalue weighted by Crippen LogP contribution is 2.34. The van der Waals surface area contributed by atoms with Gasteiger partial charge in [-0.2, -0.15) is 0 Å². The summed E-state index contributed by atoms with van der Waals surface area (Å²) in [5.74, 6) is 1.32. The highest BCUT2D eigenvalue weighted by atomic mass is 16.5. The lowest BCUT2D eigenvalue weighted by Gasteiger charge is -2.15. The van der Waals surface area contributed by atoms with Gasteiger partial charge in [-0.25, -0.2) is 0 Å². The van der Waals surface area contributed by atoms with Crippen LogP contribution in [0.2, 0.25) is 0 Å². The zero-order valence-electron chi connectivity index (χ0n) is 18.7. The van der Waals surface area contributed by atoms with Crippen LogP contribution in [0.4, 0.5) is 0 Å². The van der Waals surface area contributed by atoms with Crippen LogP contribution in [0.1, 0.15) is 17.5 Å². The van der Waals surface area contributed by atoms with Crippen LogP contribution in [-0.2, 0) is 6.42 Å². The van der Waals surface area contributed by atoms with Crippen molar-refractivity contribution in [3.8, 4) is 28.4 Å². The lowest BCUT2D eigenvalue weighted by atomic mass is 9.90. The number of ether oxygens (including phenoxy) is 1. The SMILES string of the molecule is Oc1ccc(-c2ccc3cc(O)ccc3c2Cc2ccc(OCC3=CCC=NC=C3)cc2)cc1. The maximum absolute atomic E-state index is 9.96. The first-order valence-corrected chi connectivity index (χ1v) is 11.3. The molecule has 5 rings (SSSR count). The van der Waals surface area contributed by atoms with Gasteiger partial charge in [-0.1, -0.05) is 48.5 Å². The Labute approximate surface area is 198 Å². The fraction of sp³-hybridized carbons (Fsp3) is 0.100. The Morgan fingerprint density at radius 2 is 1.62 bits per heavy atom. The first kappa shape index (κ1) is 21.5. The second kappa shape index (κ2) is 9.67. The lowest BCUT2D eigenvalue weighted by Crippen LogP contribution is -2.00. The van der Waals surface area contributed by atoms with Crippen molar-refractivity contribution in [3.63, 3.8) is 0 Å². The second-order valence-electron chi connectivity index (χ2n) is 8.32. The predicted octanol–water partition coefficient (Wildman–Crippen LogP) is 6.80. The number of aromatic hydroxyl groups is 2. The summed E-state index contributed by atoms with van der Waals surface area (Å²) in [4.78, 5) is 4.15. The van der Waals surface area contributed by atoms with Gasteiger partial charge in [0.05, 0.1) is 0 Å². The molecule has 0 bridgehead atoms. The highest BCUT2D eigenvalue weighted by molar-refractivity contribution is 5.93. The van der Waals surface area contributed by atoms with Crippen LogP contribution >= 0.6 is 0 Å². The van der Waals surface area contributed by atoms with Crippen molar-refractivity contribution in [2.75, 3.05) is 6.61 Å². The monoisotopic (exact) mass is 447 g/mol. The van der Waals surface area contributed by atoms with Gasteiger partial charge in [-0.05, 0) is 87.5 Å². The molecule has 0 aromatic heterocycles. The quantitative estimate of drug-likeness (QED) is 0.342. The molecule has 0 atom stereocenters. The van der Waals surface area contributed by atoms with Crippen LogP contribution in [0, 0.1) is 0 Å². The molecule has 1 aliphatic rings. The fourth-order valence-corrected chi connectivity index (χ4v) is 4.20. The average Bonchev–Trinajstić information content (AvgIpc) is 3.13. The summed E-state index contributed by atoms with van der Waals surface area (Å²) in [6.45, 7) is 0.511. The van der Waals surface area contributed by atoms with Crippen LogP contribution in [0.15, 0.2) is 108 Å². The standard InChI is InChI=1S/C30H25NO3/c32-25-8-5-23(6-9-25)28-13-7-24-19-26(33)10-14-29(24)30(28)18-21-3-11-27(12-4-21)34-20-22-2-1-16-31-17-15-22/h2-17,19,32-33H,1,18,20H2. The molecule has 34 heavy (non-hydrogen) atoms. The van der Waals surface area contributed by atoms with Crippen molar-refractivity contribution in [1.82, 2.24) is 0 Å². The number of phenols is 2. The van der Waals surface area contributed by atoms with Gasteiger partial charge < -0.3 is 14.9 Å². The zero-order valence-corrected chi connectivity index (χ0v) is 18.7. The van der Waals surface area contributed by atoms with Gasteiger partial charge in [0, 0.05) is 18.8 Å². The van der Waals surface area contributed by atoms with Crippen LogP contribution in [0.5, 0.6) is 17.2 Å². The fourth-order valence-electron chi connectivity index (χ4n) is 4.20. The van der Waals surface area contributed by atoms with Crippen molar-refractivity contribution < 1.29 is 14.9 Å². The van der Waals surface area contributed by atoms with Crippen LogP contribution < -0.4 is 4.74 Å². The maximum Gasteiger partial charge on any atom is 0.119 e. The minimum atomic E-state index is 0.245. The van der Waals surface area contributed by atoms with Gasteiger partial charge in [0.2, 0.25) is 0 Å². The number of hydrogen-bond acceptors (Lipinski definition) is 4. The first-order valence-electron chi connectivity index (χ1n) is 11.3. The summed E-state index contributed by atoms with van der Waals surface area (Å²) in [5.41, 5.74) is 5.59. The summed E-state index contributed by atoms with van der Waals surface area (Å²) >= 11 is 0. The van der Waals surface area contributed by atoms with E-state index in [1.54, 1.807) is 30.5 Å². The lowest BCUT2D eigenvalue weighted by molar-refractivity contribution is 0.355. The number of aliphatic imine (C=N–C) groups is 1. The summed E-state index contributed by atoms with van der Waals surface area (Å²) in [6.07, 6.45) is 9.30. The molecule has 168 valence electrons. The topological polar surface area (TPSA) is 62.0 Å². The molecule has 0 unspecified atom stereocenters. The second-order valence-corrected chi connectivity index (χ2v) is 8.32. The van der Waals surface area contributed by atoms with Crippen molar-refractivity contribution in [3.05, 3.63) is 114 Å². The Balaban J connectivity index is 1.42. The molecule has 0 saturated carbocycles.